The lowest BCUT2D eigenvalue weighted by atomic mass is 10.3. The molecule has 3 nitrogen and oxygen atoms in total. The fraction of sp³-hybridized carbons (Fsp3) is 0.533. The van der Waals surface area contributed by atoms with E-state index >= 15 is 0 Å². The van der Waals surface area contributed by atoms with Gasteiger partial charge in [-0.3, -0.25) is 0 Å². The molecule has 2 aromatic rings. The molecular weight excluding hydrogens is 288 g/mol. The van der Waals surface area contributed by atoms with Crippen LogP contribution in [0.3, 0.4) is 0 Å². The molecule has 20 heavy (non-hydrogen) atoms. The number of nitrogens with zero attached hydrogens (tertiary/aromatic N) is 1. The van der Waals surface area contributed by atoms with Gasteiger partial charge in [-0.15, -0.1) is 11.3 Å². The van der Waals surface area contributed by atoms with Crippen LogP contribution in [-0.4, -0.2) is 37.0 Å². The molecular formula is C15H22N2OS2. The predicted molar refractivity (Wildman–Crippen MR) is 88.9 cm³/mol. The summed E-state index contributed by atoms with van der Waals surface area (Å²) in [5, 5.41) is 3.40. The largest absolute Gasteiger partial charge is 0.380 e. The first-order chi connectivity index (χ1) is 9.90. The molecule has 5 heteroatoms. The smallest absolute Gasteiger partial charge is 0.151 e. The second-order valence-electron chi connectivity index (χ2n) is 4.51. The molecule has 110 valence electrons. The number of aromatic nitrogens is 1. The van der Waals surface area contributed by atoms with Gasteiger partial charge in [-0.25, -0.2) is 4.98 Å². The van der Waals surface area contributed by atoms with Gasteiger partial charge in [0.1, 0.15) is 0 Å². The second-order valence-corrected chi connectivity index (χ2v) is 6.88. The minimum Gasteiger partial charge on any atom is -0.380 e. The lowest BCUT2D eigenvalue weighted by molar-refractivity contribution is 0.133. The van der Waals surface area contributed by atoms with Crippen molar-refractivity contribution in [1.82, 2.24) is 10.3 Å². The summed E-state index contributed by atoms with van der Waals surface area (Å²) < 4.78 is 7.93. The van der Waals surface area contributed by atoms with Crippen molar-refractivity contribution in [2.24, 2.45) is 0 Å². The van der Waals surface area contributed by atoms with Crippen molar-refractivity contribution in [3.8, 4) is 0 Å². The molecule has 0 unspecified atom stereocenters. The van der Waals surface area contributed by atoms with Gasteiger partial charge in [-0.2, -0.15) is 0 Å². The zero-order valence-corrected chi connectivity index (χ0v) is 13.6. The van der Waals surface area contributed by atoms with Crippen LogP contribution in [0.25, 0.3) is 10.2 Å². The zero-order chi connectivity index (χ0) is 14.0. The van der Waals surface area contributed by atoms with Crippen LogP contribution in [0.2, 0.25) is 0 Å². The highest BCUT2D eigenvalue weighted by molar-refractivity contribution is 8.01. The van der Waals surface area contributed by atoms with E-state index < -0.39 is 0 Å². The summed E-state index contributed by atoms with van der Waals surface area (Å²) in [6.07, 6.45) is 2.36. The summed E-state index contributed by atoms with van der Waals surface area (Å²) in [5.41, 5.74) is 1.11. The van der Waals surface area contributed by atoms with Crippen LogP contribution in [0, 0.1) is 0 Å². The van der Waals surface area contributed by atoms with Gasteiger partial charge in [0.05, 0.1) is 16.8 Å². The van der Waals surface area contributed by atoms with Crippen LogP contribution in [0.15, 0.2) is 28.6 Å². The van der Waals surface area contributed by atoms with E-state index in [9.17, 15) is 0 Å². The van der Waals surface area contributed by atoms with Crippen LogP contribution < -0.4 is 5.32 Å². The number of benzene rings is 1. The first kappa shape index (κ1) is 15.8. The second kappa shape index (κ2) is 9.34. The molecule has 0 aliphatic heterocycles. The number of thioether (sulfide) groups is 1. The van der Waals surface area contributed by atoms with Gasteiger partial charge in [0.15, 0.2) is 4.34 Å². The van der Waals surface area contributed by atoms with Gasteiger partial charge >= 0.3 is 0 Å². The molecule has 0 radical (unpaired) electrons. The third kappa shape index (κ3) is 5.40. The molecule has 1 heterocycles. The summed E-state index contributed by atoms with van der Waals surface area (Å²) in [6, 6.07) is 8.30. The number of fused-ring (bicyclic) bond motifs is 1. The van der Waals surface area contributed by atoms with Crippen molar-refractivity contribution in [2.45, 2.75) is 24.1 Å². The van der Waals surface area contributed by atoms with Crippen molar-refractivity contribution in [3.63, 3.8) is 0 Å². The van der Waals surface area contributed by atoms with Crippen LogP contribution in [-0.2, 0) is 4.74 Å². The van der Waals surface area contributed by atoms with Crippen LogP contribution in [0.5, 0.6) is 0 Å². The molecule has 0 saturated carbocycles. The van der Waals surface area contributed by atoms with Crippen molar-refractivity contribution in [1.29, 1.82) is 0 Å². The van der Waals surface area contributed by atoms with E-state index in [-0.39, 0.29) is 0 Å². The van der Waals surface area contributed by atoms with Gasteiger partial charge in [-0.1, -0.05) is 37.2 Å². The predicted octanol–water partition coefficient (Wildman–Crippen LogP) is 3.79. The Morgan fingerprint density at radius 3 is 3.00 bits per heavy atom. The number of hydrogen-bond acceptors (Lipinski definition) is 5. The number of rotatable bonds is 10. The van der Waals surface area contributed by atoms with E-state index in [1.165, 1.54) is 11.1 Å². The molecule has 0 amide bonds. The van der Waals surface area contributed by atoms with Crippen molar-refractivity contribution >= 4 is 33.3 Å². The highest BCUT2D eigenvalue weighted by Crippen LogP contribution is 2.28. The van der Waals surface area contributed by atoms with Gasteiger partial charge in [-0.05, 0) is 18.6 Å². The van der Waals surface area contributed by atoms with Crippen molar-refractivity contribution in [2.75, 3.05) is 32.1 Å². The highest BCUT2D eigenvalue weighted by atomic mass is 32.2. The third-order valence-electron chi connectivity index (χ3n) is 2.84. The van der Waals surface area contributed by atoms with Gasteiger partial charge < -0.3 is 10.1 Å². The highest BCUT2D eigenvalue weighted by Gasteiger charge is 2.02. The topological polar surface area (TPSA) is 34.1 Å². The Morgan fingerprint density at radius 1 is 1.25 bits per heavy atom. The van der Waals surface area contributed by atoms with Crippen molar-refractivity contribution < 1.29 is 4.74 Å². The zero-order valence-electron chi connectivity index (χ0n) is 11.9. The van der Waals surface area contributed by atoms with Gasteiger partial charge in [0, 0.05) is 25.4 Å². The summed E-state index contributed by atoms with van der Waals surface area (Å²) in [7, 11) is 0. The SMILES string of the molecule is CCCCOCCNCCSc1nc2ccccc2s1. The normalized spacial score (nSPS) is 11.2. The maximum atomic E-state index is 5.50. The Hall–Kier alpha value is -0.620. The molecule has 0 fully saturated rings. The van der Waals surface area contributed by atoms with E-state index in [2.05, 4.69) is 35.4 Å². The number of unbranched alkanes of at least 4 members (excludes halogenated alkanes) is 1. The lowest BCUT2D eigenvalue weighted by Crippen LogP contribution is -2.22. The van der Waals surface area contributed by atoms with Crippen LogP contribution >= 0.6 is 23.1 Å². The first-order valence-corrected chi connectivity index (χ1v) is 8.97. The Morgan fingerprint density at radius 2 is 2.15 bits per heavy atom. The average Bonchev–Trinajstić information content (AvgIpc) is 2.88. The molecule has 0 aliphatic rings. The standard InChI is InChI=1S/C15H22N2OS2/c1-2-3-10-18-11-8-16-9-12-19-15-17-13-6-4-5-7-14(13)20-15/h4-7,16H,2-3,8-12H2,1H3. The van der Waals surface area contributed by atoms with E-state index in [1.807, 2.05) is 17.8 Å². The lowest BCUT2D eigenvalue weighted by Gasteiger charge is -2.04. The number of nitrogens with one attached hydrogen (secondary N) is 1. The molecule has 2 rings (SSSR count). The summed E-state index contributed by atoms with van der Waals surface area (Å²) in [5.74, 6) is 1.05. The minimum absolute atomic E-state index is 0.811. The van der Waals surface area contributed by atoms with Crippen LogP contribution in [0.4, 0.5) is 0 Å². The van der Waals surface area contributed by atoms with Crippen LogP contribution in [0.1, 0.15) is 19.8 Å². The Labute approximate surface area is 129 Å². The molecule has 0 bridgehead atoms. The molecule has 1 aromatic heterocycles. The molecule has 0 spiro atoms. The van der Waals surface area contributed by atoms with E-state index in [4.69, 9.17) is 4.74 Å². The molecule has 0 atom stereocenters. The Balaban J connectivity index is 1.55. The summed E-state index contributed by atoms with van der Waals surface area (Å²) in [6.45, 7) is 5.81. The average molecular weight is 310 g/mol. The number of hydrogen-bond donors (Lipinski definition) is 1. The Kier molecular flexibility index (Phi) is 7.36. The van der Waals surface area contributed by atoms with E-state index in [0.29, 0.717) is 0 Å². The third-order valence-corrected chi connectivity index (χ3v) is 5.03. The first-order valence-electron chi connectivity index (χ1n) is 7.17. The number of para-hydroxylation sites is 1. The fourth-order valence-electron chi connectivity index (χ4n) is 1.74. The van der Waals surface area contributed by atoms with Crippen molar-refractivity contribution in [3.05, 3.63) is 24.3 Å². The summed E-state index contributed by atoms with van der Waals surface area (Å²) >= 11 is 3.60. The quantitative estimate of drug-likeness (QED) is 0.535. The minimum atomic E-state index is 0.811. The molecule has 1 aromatic carbocycles. The summed E-state index contributed by atoms with van der Waals surface area (Å²) in [4.78, 5) is 4.61. The fourth-order valence-corrected chi connectivity index (χ4v) is 3.78. The molecule has 0 aliphatic carbocycles. The Bertz CT molecular complexity index is 468. The molecule has 0 saturated heterocycles. The molecule has 1 N–H and O–H groups in total. The monoisotopic (exact) mass is 310 g/mol. The van der Waals surface area contributed by atoms with E-state index in [1.54, 1.807) is 11.3 Å². The van der Waals surface area contributed by atoms with Gasteiger partial charge in [0.2, 0.25) is 0 Å². The van der Waals surface area contributed by atoms with E-state index in [0.717, 1.165) is 48.3 Å². The number of thiazole rings is 1. The maximum Gasteiger partial charge on any atom is 0.151 e. The van der Waals surface area contributed by atoms with Gasteiger partial charge in [0.25, 0.3) is 0 Å². The maximum absolute atomic E-state index is 5.50. The number of ether oxygens (including phenoxy) is 1.